The Kier molecular flexibility index (Phi) is 4.51. The first-order valence-corrected chi connectivity index (χ1v) is 13.9. The van der Waals surface area contributed by atoms with Gasteiger partial charge in [-0.2, -0.15) is 0 Å². The molecular formula is C23H31NSSi. The Morgan fingerprint density at radius 1 is 0.885 bits per heavy atom. The van der Waals surface area contributed by atoms with Gasteiger partial charge < -0.3 is 4.98 Å². The number of hydrogen-bond donors (Lipinski definition) is 1. The molecule has 2 aromatic rings. The van der Waals surface area contributed by atoms with E-state index in [-0.39, 0.29) is 0 Å². The van der Waals surface area contributed by atoms with Gasteiger partial charge in [0.25, 0.3) is 0 Å². The van der Waals surface area contributed by atoms with Crippen LogP contribution in [0.4, 0.5) is 5.69 Å². The molecule has 138 valence electrons. The number of rotatable bonds is 3. The van der Waals surface area contributed by atoms with Gasteiger partial charge in [-0.05, 0) is 54.0 Å². The zero-order valence-corrected chi connectivity index (χ0v) is 18.7. The first kappa shape index (κ1) is 18.2. The molecule has 0 bridgehead atoms. The van der Waals surface area contributed by atoms with Gasteiger partial charge in [0.05, 0.1) is 0 Å². The first-order valence-electron chi connectivity index (χ1n) is 9.91. The maximum Gasteiger partial charge on any atom is 0.151 e. The van der Waals surface area contributed by atoms with Crippen molar-refractivity contribution in [2.75, 3.05) is 4.98 Å². The Labute approximate surface area is 164 Å². The minimum absolute atomic E-state index is 0.725. The summed E-state index contributed by atoms with van der Waals surface area (Å²) in [5, 5.41) is 0.732. The number of nitrogens with one attached hydrogen (secondary N) is 1. The fourth-order valence-corrected chi connectivity index (χ4v) is 12.4. The van der Waals surface area contributed by atoms with E-state index < -0.39 is 8.24 Å². The van der Waals surface area contributed by atoms with Crippen LogP contribution >= 0.6 is 11.8 Å². The minimum atomic E-state index is -1.67. The highest BCUT2D eigenvalue weighted by Gasteiger charge is 2.56. The lowest BCUT2D eigenvalue weighted by Gasteiger charge is -2.38. The molecule has 1 aliphatic heterocycles. The molecular weight excluding hydrogens is 350 g/mol. The average molecular weight is 382 g/mol. The van der Waals surface area contributed by atoms with Crippen molar-refractivity contribution in [3.8, 4) is 0 Å². The fraction of sp³-hybridized carbons (Fsp3) is 0.478. The van der Waals surface area contributed by atoms with Crippen LogP contribution in [0.25, 0.3) is 0 Å². The van der Waals surface area contributed by atoms with Crippen LogP contribution in [-0.2, 0) is 0 Å². The van der Waals surface area contributed by atoms with Crippen molar-refractivity contribution < 1.29 is 0 Å². The number of para-hydroxylation sites is 1. The summed E-state index contributed by atoms with van der Waals surface area (Å²) in [7, 11) is -1.67. The third kappa shape index (κ3) is 2.75. The highest BCUT2D eigenvalue weighted by Crippen LogP contribution is 2.64. The zero-order valence-electron chi connectivity index (χ0n) is 16.8. The van der Waals surface area contributed by atoms with Gasteiger partial charge in [-0.15, -0.1) is 11.8 Å². The van der Waals surface area contributed by atoms with E-state index in [2.05, 4.69) is 100.0 Å². The van der Waals surface area contributed by atoms with E-state index in [0.717, 1.165) is 28.5 Å². The molecule has 1 saturated carbocycles. The molecule has 3 heteroatoms. The predicted octanol–water partition coefficient (Wildman–Crippen LogP) is 6.83. The summed E-state index contributed by atoms with van der Waals surface area (Å²) < 4.78 is 0. The summed E-state index contributed by atoms with van der Waals surface area (Å²) in [5.41, 5.74) is 6.53. The highest BCUT2D eigenvalue weighted by atomic mass is 32.2. The van der Waals surface area contributed by atoms with Gasteiger partial charge in [0.1, 0.15) is 0 Å². The summed E-state index contributed by atoms with van der Waals surface area (Å²) in [6.45, 7) is 14.6. The fourth-order valence-electron chi connectivity index (χ4n) is 5.58. The molecule has 4 rings (SSSR count). The van der Waals surface area contributed by atoms with Gasteiger partial charge in [0.2, 0.25) is 0 Å². The molecule has 1 heterocycles. The topological polar surface area (TPSA) is 12.0 Å². The summed E-state index contributed by atoms with van der Waals surface area (Å²) >= 11 is 2.16. The van der Waals surface area contributed by atoms with Gasteiger partial charge >= 0.3 is 0 Å². The smallest absolute Gasteiger partial charge is 0.151 e. The van der Waals surface area contributed by atoms with E-state index in [9.17, 15) is 0 Å². The van der Waals surface area contributed by atoms with E-state index in [4.69, 9.17) is 0 Å². The van der Waals surface area contributed by atoms with Crippen LogP contribution in [-0.4, -0.2) is 13.5 Å². The van der Waals surface area contributed by atoms with Crippen molar-refractivity contribution in [1.82, 2.24) is 0 Å². The second-order valence-corrected chi connectivity index (χ2v) is 14.6. The SMILES string of the molecule is Cc1cccc(C)c1N[Si](C)(C)C1C(C)C(C)C2c3ccccc3SC21. The predicted molar refractivity (Wildman–Crippen MR) is 118 cm³/mol. The van der Waals surface area contributed by atoms with Crippen molar-refractivity contribution in [3.05, 3.63) is 59.2 Å². The molecule has 0 saturated heterocycles. The van der Waals surface area contributed by atoms with Crippen molar-refractivity contribution in [2.24, 2.45) is 11.8 Å². The molecule has 2 aliphatic rings. The van der Waals surface area contributed by atoms with Crippen molar-refractivity contribution in [2.45, 2.75) is 62.4 Å². The number of anilines is 1. The molecule has 0 radical (unpaired) electrons. The van der Waals surface area contributed by atoms with Gasteiger partial charge in [0, 0.05) is 21.8 Å². The number of aryl methyl sites for hydroxylation is 2. The zero-order chi connectivity index (χ0) is 18.6. The van der Waals surface area contributed by atoms with Crippen molar-refractivity contribution in [3.63, 3.8) is 0 Å². The van der Waals surface area contributed by atoms with Crippen molar-refractivity contribution in [1.29, 1.82) is 0 Å². The largest absolute Gasteiger partial charge is 0.410 e. The number of fused-ring (bicyclic) bond motifs is 3. The van der Waals surface area contributed by atoms with Crippen LogP contribution in [0.3, 0.4) is 0 Å². The first-order chi connectivity index (χ1) is 12.3. The summed E-state index contributed by atoms with van der Waals surface area (Å²) in [6.07, 6.45) is 0. The lowest BCUT2D eigenvalue weighted by molar-refractivity contribution is 0.419. The second kappa shape index (κ2) is 6.45. The molecule has 1 aliphatic carbocycles. The van der Waals surface area contributed by atoms with Crippen LogP contribution in [0, 0.1) is 25.7 Å². The number of hydrogen-bond acceptors (Lipinski definition) is 2. The summed E-state index contributed by atoms with van der Waals surface area (Å²) in [6, 6.07) is 15.8. The van der Waals surface area contributed by atoms with E-state index in [0.29, 0.717) is 0 Å². The second-order valence-electron chi connectivity index (χ2n) is 9.00. The Morgan fingerprint density at radius 3 is 2.23 bits per heavy atom. The quantitative estimate of drug-likeness (QED) is 0.584. The van der Waals surface area contributed by atoms with Gasteiger partial charge in [-0.3, -0.25) is 0 Å². The normalized spacial score (nSPS) is 30.2. The molecule has 5 unspecified atom stereocenters. The minimum Gasteiger partial charge on any atom is -0.410 e. The van der Waals surface area contributed by atoms with Crippen LogP contribution in [0.5, 0.6) is 0 Å². The molecule has 2 aromatic carbocycles. The van der Waals surface area contributed by atoms with Crippen LogP contribution in [0.15, 0.2) is 47.4 Å². The monoisotopic (exact) mass is 381 g/mol. The molecule has 1 nitrogen and oxygen atoms in total. The average Bonchev–Trinajstić information content (AvgIpc) is 3.07. The third-order valence-corrected chi connectivity index (χ3v) is 12.1. The lowest BCUT2D eigenvalue weighted by Crippen LogP contribution is -2.47. The molecule has 1 N–H and O–H groups in total. The van der Waals surface area contributed by atoms with E-state index in [1.54, 1.807) is 5.56 Å². The lowest BCUT2D eigenvalue weighted by atomic mass is 9.87. The van der Waals surface area contributed by atoms with E-state index in [1.165, 1.54) is 21.7 Å². The van der Waals surface area contributed by atoms with E-state index >= 15 is 0 Å². The molecule has 0 spiro atoms. The van der Waals surface area contributed by atoms with E-state index in [1.807, 2.05) is 0 Å². The highest BCUT2D eigenvalue weighted by molar-refractivity contribution is 8.00. The van der Waals surface area contributed by atoms with Crippen molar-refractivity contribution >= 4 is 25.7 Å². The Hall–Kier alpha value is -1.19. The van der Waals surface area contributed by atoms with Crippen LogP contribution in [0.2, 0.25) is 18.6 Å². The summed E-state index contributed by atoms with van der Waals surface area (Å²) in [4.78, 5) is 5.64. The van der Waals surface area contributed by atoms with Gasteiger partial charge in [-0.25, -0.2) is 0 Å². The maximum atomic E-state index is 4.11. The van der Waals surface area contributed by atoms with Gasteiger partial charge in [0.15, 0.2) is 8.24 Å². The standard InChI is InChI=1S/C23H31NSSi/c1-14-10-9-11-15(2)21(14)24-26(5,6)23-17(4)16(3)20-18-12-7-8-13-19(18)25-22(20)23/h7-13,16-17,20,22-24H,1-6H3. The number of thioether (sulfide) groups is 1. The van der Waals surface area contributed by atoms with Crippen LogP contribution < -0.4 is 4.98 Å². The Balaban J connectivity index is 1.69. The molecule has 0 aromatic heterocycles. The van der Waals surface area contributed by atoms with Crippen LogP contribution in [0.1, 0.15) is 36.5 Å². The summed E-state index contributed by atoms with van der Waals surface area (Å²) in [5.74, 6) is 2.25. The molecule has 1 fully saturated rings. The molecule has 0 amide bonds. The molecule has 26 heavy (non-hydrogen) atoms. The maximum absolute atomic E-state index is 4.11. The number of benzene rings is 2. The Morgan fingerprint density at radius 2 is 1.54 bits per heavy atom. The van der Waals surface area contributed by atoms with Gasteiger partial charge in [-0.1, -0.05) is 63.3 Å². The third-order valence-electron chi connectivity index (χ3n) is 6.97. The molecule has 5 atom stereocenters. The Bertz CT molecular complexity index is 810.